The Kier molecular flexibility index (Phi) is 5.62. The Morgan fingerprint density at radius 3 is 2.91 bits per heavy atom. The second-order valence-corrected chi connectivity index (χ2v) is 6.86. The zero-order valence-electron chi connectivity index (χ0n) is 13.7. The summed E-state index contributed by atoms with van der Waals surface area (Å²) < 4.78 is 0. The van der Waals surface area contributed by atoms with Gasteiger partial charge in [-0.2, -0.15) is 0 Å². The number of nitrogens with zero attached hydrogens (tertiary/aromatic N) is 2. The molecule has 2 fully saturated rings. The number of aliphatic hydroxyl groups excluding tert-OH is 1. The number of likely N-dealkylation sites (tertiary alicyclic amines) is 1. The third kappa shape index (κ3) is 4.30. The standard InChI is InChI=1S/C18H27N3O2/c22-13-14-6-8-19-17(10-14)18(23)20-11-15-7-9-21(12-15)16-4-2-1-3-5-16/h6,8,10,15-16,22H,1-5,7,9,11-13H2,(H,20,23). The third-order valence-corrected chi connectivity index (χ3v) is 5.20. The van der Waals surface area contributed by atoms with Gasteiger partial charge in [0, 0.05) is 25.3 Å². The minimum atomic E-state index is -0.142. The van der Waals surface area contributed by atoms with Gasteiger partial charge in [-0.3, -0.25) is 9.78 Å². The van der Waals surface area contributed by atoms with E-state index in [-0.39, 0.29) is 12.5 Å². The molecule has 5 heteroatoms. The van der Waals surface area contributed by atoms with Crippen molar-refractivity contribution in [3.63, 3.8) is 0 Å². The highest BCUT2D eigenvalue weighted by atomic mass is 16.3. The lowest BCUT2D eigenvalue weighted by molar-refractivity contribution is 0.0941. The summed E-state index contributed by atoms with van der Waals surface area (Å²) in [6.07, 6.45) is 9.56. The van der Waals surface area contributed by atoms with Crippen molar-refractivity contribution in [2.75, 3.05) is 19.6 Å². The van der Waals surface area contributed by atoms with E-state index < -0.39 is 0 Å². The molecule has 2 N–H and O–H groups in total. The van der Waals surface area contributed by atoms with Crippen LogP contribution in [0.15, 0.2) is 18.3 Å². The summed E-state index contributed by atoms with van der Waals surface area (Å²) in [6, 6.07) is 4.14. The van der Waals surface area contributed by atoms with Crippen LogP contribution in [0.3, 0.4) is 0 Å². The van der Waals surface area contributed by atoms with Gasteiger partial charge in [0.15, 0.2) is 0 Å². The minimum absolute atomic E-state index is 0.0677. The van der Waals surface area contributed by atoms with Gasteiger partial charge < -0.3 is 15.3 Å². The molecule has 0 spiro atoms. The maximum atomic E-state index is 12.2. The first-order chi connectivity index (χ1) is 11.3. The van der Waals surface area contributed by atoms with E-state index in [0.29, 0.717) is 18.2 Å². The predicted octanol–water partition coefficient (Wildman–Crippen LogP) is 1.96. The van der Waals surface area contributed by atoms with Gasteiger partial charge in [-0.05, 0) is 49.4 Å². The van der Waals surface area contributed by atoms with E-state index in [4.69, 9.17) is 5.11 Å². The number of pyridine rings is 1. The molecule has 0 bridgehead atoms. The SMILES string of the molecule is O=C(NCC1CCN(C2CCCCC2)C1)c1cc(CO)ccn1. The Balaban J connectivity index is 1.46. The van der Waals surface area contributed by atoms with Crippen molar-refractivity contribution >= 4 is 5.91 Å². The second kappa shape index (κ2) is 7.88. The highest BCUT2D eigenvalue weighted by Crippen LogP contribution is 2.27. The summed E-state index contributed by atoms with van der Waals surface area (Å²) in [5.41, 5.74) is 1.10. The zero-order valence-corrected chi connectivity index (χ0v) is 13.7. The molecule has 23 heavy (non-hydrogen) atoms. The Morgan fingerprint density at radius 1 is 1.30 bits per heavy atom. The van der Waals surface area contributed by atoms with Crippen molar-refractivity contribution in [2.45, 2.75) is 51.2 Å². The van der Waals surface area contributed by atoms with Crippen LogP contribution in [0, 0.1) is 5.92 Å². The van der Waals surface area contributed by atoms with E-state index in [9.17, 15) is 4.79 Å². The van der Waals surface area contributed by atoms with Gasteiger partial charge in [0.1, 0.15) is 5.69 Å². The van der Waals surface area contributed by atoms with E-state index in [1.807, 2.05) is 0 Å². The average Bonchev–Trinajstić information content (AvgIpc) is 3.09. The Labute approximate surface area is 138 Å². The maximum Gasteiger partial charge on any atom is 0.269 e. The molecule has 0 aromatic carbocycles. The number of hydrogen-bond acceptors (Lipinski definition) is 4. The summed E-state index contributed by atoms with van der Waals surface area (Å²) in [4.78, 5) is 18.9. The van der Waals surface area contributed by atoms with Crippen LogP contribution >= 0.6 is 0 Å². The molecule has 2 aliphatic rings. The first-order valence-electron chi connectivity index (χ1n) is 8.84. The summed E-state index contributed by atoms with van der Waals surface area (Å²) in [5.74, 6) is 0.401. The lowest BCUT2D eigenvalue weighted by Crippen LogP contribution is -2.36. The van der Waals surface area contributed by atoms with Crippen LogP contribution in [0.4, 0.5) is 0 Å². The molecule has 3 rings (SSSR count). The minimum Gasteiger partial charge on any atom is -0.392 e. The molecular weight excluding hydrogens is 290 g/mol. The lowest BCUT2D eigenvalue weighted by atomic mass is 9.94. The lowest BCUT2D eigenvalue weighted by Gasteiger charge is -2.31. The highest BCUT2D eigenvalue weighted by Gasteiger charge is 2.29. The van der Waals surface area contributed by atoms with Gasteiger partial charge in [-0.25, -0.2) is 0 Å². The van der Waals surface area contributed by atoms with Crippen molar-refractivity contribution in [3.8, 4) is 0 Å². The van der Waals surface area contributed by atoms with Gasteiger partial charge in [0.25, 0.3) is 5.91 Å². The molecule has 1 aromatic heterocycles. The van der Waals surface area contributed by atoms with E-state index in [0.717, 1.165) is 18.2 Å². The fourth-order valence-corrected chi connectivity index (χ4v) is 3.83. The van der Waals surface area contributed by atoms with E-state index >= 15 is 0 Å². The number of hydrogen-bond donors (Lipinski definition) is 2. The second-order valence-electron chi connectivity index (χ2n) is 6.86. The van der Waals surface area contributed by atoms with Crippen molar-refractivity contribution in [2.24, 2.45) is 5.92 Å². The summed E-state index contributed by atoms with van der Waals surface area (Å²) in [6.45, 7) is 2.92. The van der Waals surface area contributed by atoms with Crippen LogP contribution in [-0.2, 0) is 6.61 Å². The topological polar surface area (TPSA) is 65.5 Å². The summed E-state index contributed by atoms with van der Waals surface area (Å²) >= 11 is 0. The first-order valence-corrected chi connectivity index (χ1v) is 8.84. The smallest absolute Gasteiger partial charge is 0.269 e. The Hall–Kier alpha value is -1.46. The highest BCUT2D eigenvalue weighted by molar-refractivity contribution is 5.92. The Bertz CT molecular complexity index is 529. The average molecular weight is 317 g/mol. The monoisotopic (exact) mass is 317 g/mol. The third-order valence-electron chi connectivity index (χ3n) is 5.20. The molecule has 126 valence electrons. The summed E-state index contributed by atoms with van der Waals surface area (Å²) in [7, 11) is 0. The number of nitrogens with one attached hydrogen (secondary N) is 1. The van der Waals surface area contributed by atoms with Gasteiger partial charge in [0.2, 0.25) is 0 Å². The van der Waals surface area contributed by atoms with E-state index in [1.54, 1.807) is 18.3 Å². The molecular formula is C18H27N3O2. The van der Waals surface area contributed by atoms with Gasteiger partial charge >= 0.3 is 0 Å². The largest absolute Gasteiger partial charge is 0.392 e. The number of aliphatic hydroxyl groups is 1. The first kappa shape index (κ1) is 16.4. The molecule has 5 nitrogen and oxygen atoms in total. The summed E-state index contributed by atoms with van der Waals surface area (Å²) in [5, 5.41) is 12.1. The van der Waals surface area contributed by atoms with Crippen molar-refractivity contribution in [1.29, 1.82) is 0 Å². The number of carbonyl (C=O) groups is 1. The van der Waals surface area contributed by atoms with Gasteiger partial charge in [0.05, 0.1) is 6.61 Å². The molecule has 1 aromatic rings. The normalized spacial score (nSPS) is 23.1. The van der Waals surface area contributed by atoms with Crippen LogP contribution in [0.25, 0.3) is 0 Å². The zero-order chi connectivity index (χ0) is 16.1. The predicted molar refractivity (Wildman–Crippen MR) is 89.0 cm³/mol. The molecule has 0 radical (unpaired) electrons. The molecule has 1 amide bonds. The molecule has 1 atom stereocenters. The molecule has 1 saturated heterocycles. The van der Waals surface area contributed by atoms with Gasteiger partial charge in [-0.15, -0.1) is 0 Å². The van der Waals surface area contributed by atoms with Crippen LogP contribution in [-0.4, -0.2) is 46.6 Å². The van der Waals surface area contributed by atoms with Crippen LogP contribution in [0.2, 0.25) is 0 Å². The number of aromatic nitrogens is 1. The fourth-order valence-electron chi connectivity index (χ4n) is 3.83. The molecule has 1 aliphatic carbocycles. The van der Waals surface area contributed by atoms with Crippen molar-refractivity contribution in [1.82, 2.24) is 15.2 Å². The van der Waals surface area contributed by atoms with Gasteiger partial charge in [-0.1, -0.05) is 19.3 Å². The number of amides is 1. The Morgan fingerprint density at radius 2 is 2.13 bits per heavy atom. The molecule has 1 unspecified atom stereocenters. The van der Waals surface area contributed by atoms with Crippen molar-refractivity contribution in [3.05, 3.63) is 29.6 Å². The van der Waals surface area contributed by atoms with Crippen LogP contribution in [0.5, 0.6) is 0 Å². The number of carbonyl (C=O) groups excluding carboxylic acids is 1. The molecule has 2 heterocycles. The number of rotatable bonds is 5. The van der Waals surface area contributed by atoms with E-state index in [1.165, 1.54) is 45.1 Å². The molecule has 1 saturated carbocycles. The van der Waals surface area contributed by atoms with Crippen molar-refractivity contribution < 1.29 is 9.90 Å². The van der Waals surface area contributed by atoms with E-state index in [2.05, 4.69) is 15.2 Å². The quantitative estimate of drug-likeness (QED) is 0.871. The fraction of sp³-hybridized carbons (Fsp3) is 0.667. The van der Waals surface area contributed by atoms with Crippen LogP contribution < -0.4 is 5.32 Å². The molecule has 1 aliphatic heterocycles. The van der Waals surface area contributed by atoms with Crippen LogP contribution in [0.1, 0.15) is 54.6 Å². The maximum absolute atomic E-state index is 12.2.